The van der Waals surface area contributed by atoms with Crippen molar-refractivity contribution < 1.29 is 18.0 Å². The molecule has 2 heterocycles. The number of oxazole rings is 1. The molecule has 3 rings (SSSR count). The number of hydrogen-bond acceptors (Lipinski definition) is 4. The Balaban J connectivity index is 1.38. The van der Waals surface area contributed by atoms with Crippen LogP contribution in [0.1, 0.15) is 48.4 Å². The van der Waals surface area contributed by atoms with Crippen molar-refractivity contribution in [3.8, 4) is 0 Å². The fourth-order valence-corrected chi connectivity index (χ4v) is 3.34. The zero-order chi connectivity index (χ0) is 17.6. The number of ketones is 1. The van der Waals surface area contributed by atoms with Gasteiger partial charge in [0.2, 0.25) is 5.78 Å². The van der Waals surface area contributed by atoms with Gasteiger partial charge < -0.3 is 4.42 Å². The molecule has 2 aromatic rings. The van der Waals surface area contributed by atoms with Gasteiger partial charge in [-0.1, -0.05) is 6.07 Å². The summed E-state index contributed by atoms with van der Waals surface area (Å²) in [5.41, 5.74) is 0.538. The van der Waals surface area contributed by atoms with Crippen LogP contribution >= 0.6 is 0 Å². The molecule has 0 saturated carbocycles. The van der Waals surface area contributed by atoms with E-state index in [9.17, 15) is 13.6 Å². The van der Waals surface area contributed by atoms with Crippen LogP contribution in [0.25, 0.3) is 0 Å². The van der Waals surface area contributed by atoms with Gasteiger partial charge in [0.1, 0.15) is 17.9 Å². The van der Waals surface area contributed by atoms with Gasteiger partial charge in [-0.2, -0.15) is 0 Å². The van der Waals surface area contributed by atoms with Gasteiger partial charge in [-0.15, -0.1) is 0 Å². The minimum Gasteiger partial charge on any atom is -0.442 e. The first-order chi connectivity index (χ1) is 12.1. The number of aromatic nitrogens is 1. The topological polar surface area (TPSA) is 46.3 Å². The van der Waals surface area contributed by atoms with Crippen molar-refractivity contribution in [3.05, 3.63) is 53.7 Å². The number of Topliss-reactive ketones (excluding diaryl/α,β-unsaturated/α-hetero) is 1. The van der Waals surface area contributed by atoms with Crippen molar-refractivity contribution in [2.45, 2.75) is 38.6 Å². The van der Waals surface area contributed by atoms with Crippen LogP contribution in [0.5, 0.6) is 0 Å². The number of hydrogen-bond donors (Lipinski definition) is 0. The van der Waals surface area contributed by atoms with E-state index >= 15 is 0 Å². The molecule has 1 aliphatic heterocycles. The molecular weight excluding hydrogens is 326 g/mol. The minimum atomic E-state index is -0.542. The lowest BCUT2D eigenvalue weighted by Crippen LogP contribution is -2.33. The smallest absolute Gasteiger partial charge is 0.263 e. The van der Waals surface area contributed by atoms with E-state index in [1.165, 1.54) is 24.6 Å². The number of carbonyl (C=O) groups is 1. The quantitative estimate of drug-likeness (QED) is 0.703. The van der Waals surface area contributed by atoms with Crippen LogP contribution in [0.3, 0.4) is 0 Å². The van der Waals surface area contributed by atoms with E-state index in [4.69, 9.17) is 4.42 Å². The summed E-state index contributed by atoms with van der Waals surface area (Å²) >= 11 is 0. The van der Waals surface area contributed by atoms with Crippen molar-refractivity contribution >= 4 is 5.78 Å². The molecule has 1 aromatic heterocycles. The summed E-state index contributed by atoms with van der Waals surface area (Å²) in [6.45, 7) is 2.31. The standard InChI is InChI=1S/C19H22F2N2O2/c20-16-5-4-15(17(21)12-16)13-23-9-6-14(7-10-23)2-1-3-18(24)19-22-8-11-25-19/h4-5,8,11-12,14H,1-3,6-7,9-10,13H2. The summed E-state index contributed by atoms with van der Waals surface area (Å²) in [6, 6.07) is 3.76. The highest BCUT2D eigenvalue weighted by Gasteiger charge is 2.20. The molecule has 134 valence electrons. The second-order valence-corrected chi connectivity index (χ2v) is 6.61. The van der Waals surface area contributed by atoms with Crippen LogP contribution in [0.2, 0.25) is 0 Å². The van der Waals surface area contributed by atoms with Gasteiger partial charge >= 0.3 is 0 Å². The van der Waals surface area contributed by atoms with Gasteiger partial charge in [-0.3, -0.25) is 9.69 Å². The number of rotatable bonds is 7. The van der Waals surface area contributed by atoms with Crippen LogP contribution in [-0.4, -0.2) is 28.8 Å². The lowest BCUT2D eigenvalue weighted by molar-refractivity contribution is 0.0940. The van der Waals surface area contributed by atoms with Gasteiger partial charge in [0.25, 0.3) is 5.89 Å². The van der Waals surface area contributed by atoms with Crippen molar-refractivity contribution in [2.24, 2.45) is 5.92 Å². The Morgan fingerprint density at radius 1 is 1.28 bits per heavy atom. The van der Waals surface area contributed by atoms with E-state index in [0.717, 1.165) is 44.8 Å². The first-order valence-electron chi connectivity index (χ1n) is 8.71. The number of likely N-dealkylation sites (tertiary alicyclic amines) is 1. The van der Waals surface area contributed by atoms with Crippen molar-refractivity contribution in [3.63, 3.8) is 0 Å². The van der Waals surface area contributed by atoms with Crippen molar-refractivity contribution in [2.75, 3.05) is 13.1 Å². The minimum absolute atomic E-state index is 0.0470. The van der Waals surface area contributed by atoms with E-state index in [2.05, 4.69) is 9.88 Å². The zero-order valence-corrected chi connectivity index (χ0v) is 14.1. The molecule has 0 atom stereocenters. The molecule has 1 saturated heterocycles. The third kappa shape index (κ3) is 4.95. The molecule has 0 N–H and O–H groups in total. The van der Waals surface area contributed by atoms with Crippen LogP contribution in [0.15, 0.2) is 35.1 Å². The first-order valence-corrected chi connectivity index (χ1v) is 8.71. The molecular formula is C19H22F2N2O2. The third-order valence-corrected chi connectivity index (χ3v) is 4.80. The molecule has 0 bridgehead atoms. The molecule has 0 amide bonds. The average molecular weight is 348 g/mol. The summed E-state index contributed by atoms with van der Waals surface area (Å²) in [6.07, 6.45) is 7.26. The molecule has 1 aliphatic rings. The normalized spacial score (nSPS) is 16.2. The number of halogens is 2. The summed E-state index contributed by atoms with van der Waals surface area (Å²) in [5.74, 6) is -0.288. The number of piperidine rings is 1. The Bertz CT molecular complexity index is 695. The number of benzene rings is 1. The highest BCUT2D eigenvalue weighted by molar-refractivity contribution is 5.91. The van der Waals surface area contributed by atoms with E-state index in [0.29, 0.717) is 24.4 Å². The van der Waals surface area contributed by atoms with Gasteiger partial charge in [-0.25, -0.2) is 13.8 Å². The highest BCUT2D eigenvalue weighted by Crippen LogP contribution is 2.24. The summed E-state index contributed by atoms with van der Waals surface area (Å²) in [4.78, 5) is 17.9. The molecule has 4 nitrogen and oxygen atoms in total. The predicted molar refractivity (Wildman–Crippen MR) is 89.0 cm³/mol. The maximum Gasteiger partial charge on any atom is 0.263 e. The maximum atomic E-state index is 13.7. The molecule has 0 radical (unpaired) electrons. The van der Waals surface area contributed by atoms with E-state index in [1.807, 2.05) is 0 Å². The SMILES string of the molecule is O=C(CCCC1CCN(Cc2ccc(F)cc2F)CC1)c1ncco1. The van der Waals surface area contributed by atoms with Crippen molar-refractivity contribution in [1.29, 1.82) is 0 Å². The molecule has 6 heteroatoms. The van der Waals surface area contributed by atoms with E-state index in [-0.39, 0.29) is 11.7 Å². The Kier molecular flexibility index (Phi) is 5.91. The first kappa shape index (κ1) is 17.7. The molecule has 25 heavy (non-hydrogen) atoms. The van der Waals surface area contributed by atoms with E-state index in [1.54, 1.807) is 0 Å². The monoisotopic (exact) mass is 348 g/mol. The molecule has 0 unspecified atom stereocenters. The molecule has 0 spiro atoms. The Morgan fingerprint density at radius 2 is 2.08 bits per heavy atom. The van der Waals surface area contributed by atoms with Gasteiger partial charge in [0.15, 0.2) is 0 Å². The fourth-order valence-electron chi connectivity index (χ4n) is 3.34. The third-order valence-electron chi connectivity index (χ3n) is 4.80. The number of carbonyl (C=O) groups excluding carboxylic acids is 1. The predicted octanol–water partition coefficient (Wildman–Crippen LogP) is 4.22. The number of nitrogens with zero attached hydrogens (tertiary/aromatic N) is 2. The second kappa shape index (κ2) is 8.34. The van der Waals surface area contributed by atoms with Crippen LogP contribution in [0, 0.1) is 17.6 Å². The summed E-state index contributed by atoms with van der Waals surface area (Å²) in [5, 5.41) is 0. The molecule has 0 aliphatic carbocycles. The van der Waals surface area contributed by atoms with Crippen molar-refractivity contribution in [1.82, 2.24) is 9.88 Å². The Labute approximate surface area is 145 Å². The van der Waals surface area contributed by atoms with Crippen LogP contribution in [-0.2, 0) is 6.54 Å². The Hall–Kier alpha value is -2.08. The lowest BCUT2D eigenvalue weighted by atomic mass is 9.91. The van der Waals surface area contributed by atoms with Gasteiger partial charge in [0.05, 0.1) is 6.20 Å². The zero-order valence-electron chi connectivity index (χ0n) is 14.1. The second-order valence-electron chi connectivity index (χ2n) is 6.61. The van der Waals surface area contributed by atoms with Gasteiger partial charge in [-0.05, 0) is 50.8 Å². The van der Waals surface area contributed by atoms with Crippen LogP contribution in [0.4, 0.5) is 8.78 Å². The molecule has 1 fully saturated rings. The maximum absolute atomic E-state index is 13.7. The van der Waals surface area contributed by atoms with E-state index < -0.39 is 11.6 Å². The highest BCUT2D eigenvalue weighted by atomic mass is 19.1. The van der Waals surface area contributed by atoms with Gasteiger partial charge in [0, 0.05) is 24.6 Å². The lowest BCUT2D eigenvalue weighted by Gasteiger charge is -2.32. The summed E-state index contributed by atoms with van der Waals surface area (Å²) < 4.78 is 31.7. The van der Waals surface area contributed by atoms with Crippen LogP contribution < -0.4 is 0 Å². The molecule has 1 aromatic carbocycles. The average Bonchev–Trinajstić information content (AvgIpc) is 3.13. The summed E-state index contributed by atoms with van der Waals surface area (Å²) in [7, 11) is 0. The Morgan fingerprint density at radius 3 is 2.76 bits per heavy atom. The largest absolute Gasteiger partial charge is 0.442 e. The fraction of sp³-hybridized carbons (Fsp3) is 0.474.